The first-order chi connectivity index (χ1) is 15.1. The summed E-state index contributed by atoms with van der Waals surface area (Å²) in [7, 11) is 0. The molecule has 32 heavy (non-hydrogen) atoms. The summed E-state index contributed by atoms with van der Waals surface area (Å²) < 4.78 is 26.8. The first-order valence-electron chi connectivity index (χ1n) is 10.7. The largest absolute Gasteiger partial charge is 0.463 e. The molecule has 1 amide bonds. The number of esters is 4. The molecule has 5 atom stereocenters. The summed E-state index contributed by atoms with van der Waals surface area (Å²) in [6.07, 6.45) is -0.648. The van der Waals surface area contributed by atoms with Crippen molar-refractivity contribution in [3.8, 4) is 0 Å². The van der Waals surface area contributed by atoms with E-state index in [-0.39, 0.29) is 18.4 Å². The molecular formula is C21H31NO10. The molecule has 1 saturated heterocycles. The maximum Gasteiger partial charge on any atom is 0.305 e. The lowest BCUT2D eigenvalue weighted by Gasteiger charge is -2.44. The van der Waals surface area contributed by atoms with Crippen LogP contribution in [0.25, 0.3) is 0 Å². The number of carbonyl (C=O) groups is 5. The van der Waals surface area contributed by atoms with Gasteiger partial charge in [-0.05, 0) is 12.8 Å². The number of ether oxygens (including phenoxy) is 5. The standard InChI is InChI=1S/C21H31NO10/c1-11(23)28-10-16-18(29-12(2)24)19(30-13(3)25)17(21(32-16)31-14(4)26)22-20(27)15-8-6-5-7-9-15/h15-19,21H,5-10H2,1-4H3,(H,22,27)/t16-,17-,18-,19-,21?/m1/s1. The van der Waals surface area contributed by atoms with Gasteiger partial charge in [0.05, 0.1) is 0 Å². The molecule has 1 saturated carbocycles. The molecule has 0 aromatic rings. The fraction of sp³-hybridized carbons (Fsp3) is 0.762. The molecule has 0 radical (unpaired) electrons. The highest BCUT2D eigenvalue weighted by Gasteiger charge is 2.52. The first-order valence-corrected chi connectivity index (χ1v) is 10.7. The molecule has 2 aliphatic rings. The molecule has 11 nitrogen and oxygen atoms in total. The van der Waals surface area contributed by atoms with E-state index in [1.165, 1.54) is 6.92 Å². The van der Waals surface area contributed by atoms with Crippen molar-refractivity contribution in [2.24, 2.45) is 5.92 Å². The molecule has 0 aromatic heterocycles. The molecule has 2 fully saturated rings. The predicted molar refractivity (Wildman–Crippen MR) is 107 cm³/mol. The smallest absolute Gasteiger partial charge is 0.305 e. The quantitative estimate of drug-likeness (QED) is 0.430. The van der Waals surface area contributed by atoms with Crippen molar-refractivity contribution in [1.82, 2.24) is 5.32 Å². The molecule has 1 aliphatic carbocycles. The number of hydrogen-bond donors (Lipinski definition) is 1. The summed E-state index contributed by atoms with van der Waals surface area (Å²) in [5, 5.41) is 2.77. The van der Waals surface area contributed by atoms with Gasteiger partial charge in [0.15, 0.2) is 12.2 Å². The van der Waals surface area contributed by atoms with Crippen LogP contribution in [0.4, 0.5) is 0 Å². The van der Waals surface area contributed by atoms with Crippen LogP contribution in [0.3, 0.4) is 0 Å². The van der Waals surface area contributed by atoms with Gasteiger partial charge in [0.2, 0.25) is 12.2 Å². The average molecular weight is 457 g/mol. The molecule has 1 unspecified atom stereocenters. The summed E-state index contributed by atoms with van der Waals surface area (Å²) in [4.78, 5) is 59.6. The van der Waals surface area contributed by atoms with Crippen molar-refractivity contribution in [1.29, 1.82) is 0 Å². The Hall–Kier alpha value is -2.69. The zero-order valence-electron chi connectivity index (χ0n) is 18.8. The zero-order valence-corrected chi connectivity index (χ0v) is 18.8. The Morgan fingerprint density at radius 3 is 1.88 bits per heavy atom. The number of hydrogen-bond acceptors (Lipinski definition) is 10. The Labute approximate surface area is 186 Å². The number of rotatable bonds is 7. The van der Waals surface area contributed by atoms with Crippen LogP contribution in [0.1, 0.15) is 59.8 Å². The van der Waals surface area contributed by atoms with Crippen LogP contribution >= 0.6 is 0 Å². The van der Waals surface area contributed by atoms with Gasteiger partial charge in [-0.3, -0.25) is 24.0 Å². The van der Waals surface area contributed by atoms with E-state index in [9.17, 15) is 24.0 Å². The second-order valence-corrected chi connectivity index (χ2v) is 7.97. The minimum absolute atomic E-state index is 0.245. The van der Waals surface area contributed by atoms with E-state index in [0.717, 1.165) is 40.0 Å². The SMILES string of the molecule is CC(=O)OC[C@H]1OC(OC(C)=O)[C@H](NC(=O)C2CCCCC2)[C@@H](OC(C)=O)[C@@H]1OC(C)=O. The number of amides is 1. The van der Waals surface area contributed by atoms with Crippen molar-refractivity contribution in [2.75, 3.05) is 6.61 Å². The van der Waals surface area contributed by atoms with Gasteiger partial charge in [0.1, 0.15) is 18.8 Å². The van der Waals surface area contributed by atoms with Crippen molar-refractivity contribution in [3.05, 3.63) is 0 Å². The molecule has 2 rings (SSSR count). The van der Waals surface area contributed by atoms with E-state index in [1.54, 1.807) is 0 Å². The van der Waals surface area contributed by atoms with Gasteiger partial charge >= 0.3 is 23.9 Å². The fourth-order valence-corrected chi connectivity index (χ4v) is 3.97. The molecule has 0 bridgehead atoms. The third-order valence-electron chi connectivity index (χ3n) is 5.27. The van der Waals surface area contributed by atoms with Gasteiger partial charge < -0.3 is 29.0 Å². The minimum Gasteiger partial charge on any atom is -0.463 e. The molecule has 1 N–H and O–H groups in total. The molecule has 0 aromatic carbocycles. The molecular weight excluding hydrogens is 426 g/mol. The highest BCUT2D eigenvalue weighted by Crippen LogP contribution is 2.29. The van der Waals surface area contributed by atoms with E-state index in [2.05, 4.69) is 5.32 Å². The zero-order chi connectivity index (χ0) is 23.8. The Kier molecular flexibility index (Phi) is 9.42. The molecule has 1 heterocycles. The van der Waals surface area contributed by atoms with Gasteiger partial charge in [0.25, 0.3) is 0 Å². The van der Waals surface area contributed by atoms with Crippen LogP contribution < -0.4 is 5.32 Å². The van der Waals surface area contributed by atoms with Crippen molar-refractivity contribution >= 4 is 29.8 Å². The van der Waals surface area contributed by atoms with Crippen LogP contribution in [0, 0.1) is 5.92 Å². The van der Waals surface area contributed by atoms with E-state index in [1.807, 2.05) is 0 Å². The minimum atomic E-state index is -1.36. The fourth-order valence-electron chi connectivity index (χ4n) is 3.97. The Bertz CT molecular complexity index is 717. The summed E-state index contributed by atoms with van der Waals surface area (Å²) in [6, 6.07) is -1.14. The molecule has 0 spiro atoms. The van der Waals surface area contributed by atoms with Crippen molar-refractivity contribution in [2.45, 2.75) is 90.4 Å². The molecule has 1 aliphatic heterocycles. The van der Waals surface area contributed by atoms with Crippen LogP contribution in [0.15, 0.2) is 0 Å². The maximum atomic E-state index is 12.9. The predicted octanol–water partition coefficient (Wildman–Crippen LogP) is 0.766. The van der Waals surface area contributed by atoms with Gasteiger partial charge in [-0.2, -0.15) is 0 Å². The van der Waals surface area contributed by atoms with E-state index in [0.29, 0.717) is 12.8 Å². The Morgan fingerprint density at radius 1 is 0.781 bits per heavy atom. The van der Waals surface area contributed by atoms with Gasteiger partial charge in [-0.15, -0.1) is 0 Å². The Morgan fingerprint density at radius 2 is 1.34 bits per heavy atom. The molecule has 11 heteroatoms. The van der Waals surface area contributed by atoms with Crippen LogP contribution in [-0.4, -0.2) is 67.0 Å². The summed E-state index contributed by atoms with van der Waals surface area (Å²) in [6.45, 7) is 4.29. The van der Waals surface area contributed by atoms with Crippen LogP contribution in [0.5, 0.6) is 0 Å². The van der Waals surface area contributed by atoms with Gasteiger partial charge in [-0.25, -0.2) is 0 Å². The highest BCUT2D eigenvalue weighted by molar-refractivity contribution is 5.79. The highest BCUT2D eigenvalue weighted by atomic mass is 16.7. The van der Waals surface area contributed by atoms with Gasteiger partial charge in [-0.1, -0.05) is 19.3 Å². The van der Waals surface area contributed by atoms with E-state index < -0.39 is 54.5 Å². The maximum absolute atomic E-state index is 12.9. The lowest BCUT2D eigenvalue weighted by atomic mass is 9.88. The van der Waals surface area contributed by atoms with Crippen LogP contribution in [-0.2, 0) is 47.7 Å². The molecule has 180 valence electrons. The first kappa shape index (κ1) is 25.6. The number of nitrogens with one attached hydrogen (secondary N) is 1. The average Bonchev–Trinajstić information content (AvgIpc) is 2.70. The van der Waals surface area contributed by atoms with Crippen molar-refractivity contribution in [3.63, 3.8) is 0 Å². The monoisotopic (exact) mass is 457 g/mol. The second kappa shape index (κ2) is 11.8. The van der Waals surface area contributed by atoms with Crippen LogP contribution in [0.2, 0.25) is 0 Å². The lowest BCUT2D eigenvalue weighted by Crippen LogP contribution is -2.67. The van der Waals surface area contributed by atoms with E-state index in [4.69, 9.17) is 23.7 Å². The number of carbonyl (C=O) groups excluding carboxylic acids is 5. The summed E-state index contributed by atoms with van der Waals surface area (Å²) in [5.41, 5.74) is 0. The summed E-state index contributed by atoms with van der Waals surface area (Å²) >= 11 is 0. The lowest BCUT2D eigenvalue weighted by molar-refractivity contribution is -0.271. The van der Waals surface area contributed by atoms with E-state index >= 15 is 0 Å². The third-order valence-corrected chi connectivity index (χ3v) is 5.27. The summed E-state index contributed by atoms with van der Waals surface area (Å²) in [5.74, 6) is -3.27. The topological polar surface area (TPSA) is 144 Å². The normalized spacial score (nSPS) is 28.2. The Balaban J connectivity index is 2.37. The van der Waals surface area contributed by atoms with Gasteiger partial charge in [0, 0.05) is 33.6 Å². The second-order valence-electron chi connectivity index (χ2n) is 7.97. The van der Waals surface area contributed by atoms with Crippen molar-refractivity contribution < 1.29 is 47.7 Å². The third kappa shape index (κ3) is 7.47.